The Hall–Kier alpha value is -2.14. The third-order valence-corrected chi connectivity index (χ3v) is 4.35. The number of benzene rings is 1. The van der Waals surface area contributed by atoms with Crippen LogP contribution in [0.2, 0.25) is 0 Å². The van der Waals surface area contributed by atoms with Gasteiger partial charge in [-0.05, 0) is 49.8 Å². The second kappa shape index (κ2) is 6.75. The fourth-order valence-corrected chi connectivity index (χ4v) is 2.98. The van der Waals surface area contributed by atoms with Crippen molar-refractivity contribution in [3.05, 3.63) is 48.5 Å². The number of hydrogen-bond donors (Lipinski definition) is 2. The van der Waals surface area contributed by atoms with Crippen LogP contribution in [0.15, 0.2) is 43.0 Å². The van der Waals surface area contributed by atoms with E-state index in [0.717, 1.165) is 31.4 Å². The SMILES string of the molecule is O=C(N[C@H]1CC[C@H](CO)CC1)c1cccc(-n2ccnc2)c1. The zero-order valence-corrected chi connectivity index (χ0v) is 12.5. The molecule has 116 valence electrons. The minimum atomic E-state index is -0.0330. The van der Waals surface area contributed by atoms with Gasteiger partial charge in [-0.15, -0.1) is 0 Å². The molecule has 22 heavy (non-hydrogen) atoms. The van der Waals surface area contributed by atoms with Crippen molar-refractivity contribution in [3.63, 3.8) is 0 Å². The van der Waals surface area contributed by atoms with Gasteiger partial charge in [-0.25, -0.2) is 4.98 Å². The monoisotopic (exact) mass is 299 g/mol. The summed E-state index contributed by atoms with van der Waals surface area (Å²) in [6, 6.07) is 7.75. The van der Waals surface area contributed by atoms with E-state index in [4.69, 9.17) is 5.11 Å². The number of nitrogens with one attached hydrogen (secondary N) is 1. The highest BCUT2D eigenvalue weighted by Crippen LogP contribution is 2.24. The third-order valence-electron chi connectivity index (χ3n) is 4.35. The molecule has 1 amide bonds. The molecule has 1 aromatic heterocycles. The smallest absolute Gasteiger partial charge is 0.251 e. The van der Waals surface area contributed by atoms with E-state index in [9.17, 15) is 4.79 Å². The van der Waals surface area contributed by atoms with E-state index in [0.29, 0.717) is 11.5 Å². The molecule has 0 radical (unpaired) electrons. The summed E-state index contributed by atoms with van der Waals surface area (Å²) in [5.41, 5.74) is 1.59. The van der Waals surface area contributed by atoms with E-state index < -0.39 is 0 Å². The molecule has 0 atom stereocenters. The first kappa shape index (κ1) is 14.8. The number of carbonyl (C=O) groups is 1. The van der Waals surface area contributed by atoms with Crippen LogP contribution in [0.5, 0.6) is 0 Å². The number of amides is 1. The average Bonchev–Trinajstić information content (AvgIpc) is 3.10. The van der Waals surface area contributed by atoms with E-state index in [1.165, 1.54) is 0 Å². The van der Waals surface area contributed by atoms with Gasteiger partial charge < -0.3 is 15.0 Å². The summed E-state index contributed by atoms with van der Waals surface area (Å²) in [6.45, 7) is 0.258. The molecule has 0 unspecified atom stereocenters. The van der Waals surface area contributed by atoms with Crippen molar-refractivity contribution >= 4 is 5.91 Å². The average molecular weight is 299 g/mol. The Bertz CT molecular complexity index is 617. The number of carbonyl (C=O) groups excluding carboxylic acids is 1. The number of rotatable bonds is 4. The number of aliphatic hydroxyl groups excluding tert-OH is 1. The summed E-state index contributed by atoms with van der Waals surface area (Å²) >= 11 is 0. The van der Waals surface area contributed by atoms with Crippen LogP contribution in [0.1, 0.15) is 36.0 Å². The molecule has 1 fully saturated rings. The fraction of sp³-hybridized carbons (Fsp3) is 0.412. The standard InChI is InChI=1S/C17H21N3O2/c21-11-13-4-6-15(7-5-13)19-17(22)14-2-1-3-16(10-14)20-9-8-18-12-20/h1-3,8-10,12-13,15,21H,4-7,11H2,(H,19,22)/t13-,15-. The van der Waals surface area contributed by atoms with Crippen LogP contribution in [-0.2, 0) is 0 Å². The molecule has 1 saturated carbocycles. The Balaban J connectivity index is 1.64. The van der Waals surface area contributed by atoms with E-state index in [2.05, 4.69) is 10.3 Å². The number of aromatic nitrogens is 2. The molecule has 2 N–H and O–H groups in total. The van der Waals surface area contributed by atoms with Crippen molar-refractivity contribution < 1.29 is 9.90 Å². The molecular formula is C17H21N3O2. The van der Waals surface area contributed by atoms with Gasteiger partial charge in [-0.1, -0.05) is 6.07 Å². The normalized spacial score (nSPS) is 21.5. The molecule has 5 heteroatoms. The Kier molecular flexibility index (Phi) is 4.53. The van der Waals surface area contributed by atoms with Gasteiger partial charge in [0.05, 0.1) is 6.33 Å². The Labute approximate surface area is 130 Å². The molecule has 5 nitrogen and oxygen atoms in total. The van der Waals surface area contributed by atoms with Crippen LogP contribution in [0.25, 0.3) is 5.69 Å². The Morgan fingerprint density at radius 3 is 2.82 bits per heavy atom. The minimum absolute atomic E-state index is 0.0330. The van der Waals surface area contributed by atoms with Crippen molar-refractivity contribution in [2.45, 2.75) is 31.7 Å². The van der Waals surface area contributed by atoms with Gasteiger partial charge in [0.1, 0.15) is 0 Å². The first-order chi connectivity index (χ1) is 10.8. The second-order valence-corrected chi connectivity index (χ2v) is 5.89. The highest BCUT2D eigenvalue weighted by Gasteiger charge is 2.22. The molecular weight excluding hydrogens is 278 g/mol. The lowest BCUT2D eigenvalue weighted by Gasteiger charge is -2.28. The summed E-state index contributed by atoms with van der Waals surface area (Å²) in [7, 11) is 0. The number of nitrogens with zero attached hydrogens (tertiary/aromatic N) is 2. The first-order valence-corrected chi connectivity index (χ1v) is 7.76. The molecule has 0 aliphatic heterocycles. The van der Waals surface area contributed by atoms with Gasteiger partial charge in [0.25, 0.3) is 5.91 Å². The van der Waals surface area contributed by atoms with Crippen LogP contribution < -0.4 is 5.32 Å². The summed E-state index contributed by atoms with van der Waals surface area (Å²) in [4.78, 5) is 16.4. The lowest BCUT2D eigenvalue weighted by atomic mass is 9.86. The van der Waals surface area contributed by atoms with Crippen LogP contribution >= 0.6 is 0 Å². The van der Waals surface area contributed by atoms with Crippen LogP contribution in [-0.4, -0.2) is 33.2 Å². The molecule has 1 aliphatic rings. The van der Waals surface area contributed by atoms with Crippen LogP contribution in [0.4, 0.5) is 0 Å². The molecule has 1 heterocycles. The van der Waals surface area contributed by atoms with Gasteiger partial charge in [-0.3, -0.25) is 4.79 Å². The zero-order chi connectivity index (χ0) is 15.4. The second-order valence-electron chi connectivity index (χ2n) is 5.89. The molecule has 3 rings (SSSR count). The van der Waals surface area contributed by atoms with E-state index in [-0.39, 0.29) is 18.6 Å². The van der Waals surface area contributed by atoms with Crippen molar-refractivity contribution in [2.24, 2.45) is 5.92 Å². The van der Waals surface area contributed by atoms with Gasteiger partial charge in [0.15, 0.2) is 0 Å². The number of imidazole rings is 1. The van der Waals surface area contributed by atoms with Gasteiger partial charge in [0.2, 0.25) is 0 Å². The van der Waals surface area contributed by atoms with Crippen LogP contribution in [0, 0.1) is 5.92 Å². The molecule has 2 aromatic rings. The highest BCUT2D eigenvalue weighted by molar-refractivity contribution is 5.94. The topological polar surface area (TPSA) is 67.2 Å². The third kappa shape index (κ3) is 3.36. The van der Waals surface area contributed by atoms with Crippen molar-refractivity contribution in [1.82, 2.24) is 14.9 Å². The lowest BCUT2D eigenvalue weighted by molar-refractivity contribution is 0.0914. The highest BCUT2D eigenvalue weighted by atomic mass is 16.3. The lowest BCUT2D eigenvalue weighted by Crippen LogP contribution is -2.38. The van der Waals surface area contributed by atoms with E-state index in [1.54, 1.807) is 12.5 Å². The first-order valence-electron chi connectivity index (χ1n) is 7.76. The Morgan fingerprint density at radius 2 is 2.14 bits per heavy atom. The minimum Gasteiger partial charge on any atom is -0.396 e. The van der Waals surface area contributed by atoms with Crippen molar-refractivity contribution in [1.29, 1.82) is 0 Å². The van der Waals surface area contributed by atoms with Gasteiger partial charge in [-0.2, -0.15) is 0 Å². The molecule has 1 aromatic carbocycles. The summed E-state index contributed by atoms with van der Waals surface area (Å²) < 4.78 is 1.88. The van der Waals surface area contributed by atoms with E-state index in [1.807, 2.05) is 35.0 Å². The fourth-order valence-electron chi connectivity index (χ4n) is 2.98. The van der Waals surface area contributed by atoms with Crippen LogP contribution in [0.3, 0.4) is 0 Å². The Morgan fingerprint density at radius 1 is 1.32 bits per heavy atom. The predicted molar refractivity (Wildman–Crippen MR) is 83.9 cm³/mol. The van der Waals surface area contributed by atoms with Crippen molar-refractivity contribution in [3.8, 4) is 5.69 Å². The maximum Gasteiger partial charge on any atom is 0.251 e. The maximum absolute atomic E-state index is 12.4. The quantitative estimate of drug-likeness (QED) is 0.909. The number of aliphatic hydroxyl groups is 1. The maximum atomic E-state index is 12.4. The molecule has 0 saturated heterocycles. The summed E-state index contributed by atoms with van der Waals surface area (Å²) in [5.74, 6) is 0.368. The molecule has 0 bridgehead atoms. The largest absolute Gasteiger partial charge is 0.396 e. The van der Waals surface area contributed by atoms with Gasteiger partial charge in [0, 0.05) is 36.3 Å². The van der Waals surface area contributed by atoms with Crippen molar-refractivity contribution in [2.75, 3.05) is 6.61 Å². The zero-order valence-electron chi connectivity index (χ0n) is 12.5. The summed E-state index contributed by atoms with van der Waals surface area (Å²) in [6.07, 6.45) is 9.14. The van der Waals surface area contributed by atoms with Gasteiger partial charge >= 0.3 is 0 Å². The van der Waals surface area contributed by atoms with E-state index >= 15 is 0 Å². The predicted octanol–water partition coefficient (Wildman–Crippen LogP) is 2.15. The molecule has 1 aliphatic carbocycles. The molecule has 0 spiro atoms. The number of hydrogen-bond acceptors (Lipinski definition) is 3. The summed E-state index contributed by atoms with van der Waals surface area (Å²) in [5, 5.41) is 12.3.